The number of esters is 2. The normalized spacial score (nSPS) is 16.1. The molecule has 0 spiro atoms. The lowest BCUT2D eigenvalue weighted by Crippen LogP contribution is -2.28. The summed E-state index contributed by atoms with van der Waals surface area (Å²) in [6.07, 6.45) is 0.550. The van der Waals surface area contributed by atoms with Crippen molar-refractivity contribution in [2.45, 2.75) is 44.7 Å². The molecule has 1 aliphatic rings. The van der Waals surface area contributed by atoms with E-state index in [1.54, 1.807) is 13.8 Å². The van der Waals surface area contributed by atoms with Gasteiger partial charge in [0.05, 0.1) is 18.8 Å². The molecule has 0 radical (unpaired) electrons. The second-order valence-corrected chi connectivity index (χ2v) is 10.0. The van der Waals surface area contributed by atoms with Gasteiger partial charge in [-0.1, -0.05) is 13.8 Å². The fraction of sp³-hybridized carbons (Fsp3) is 0.588. The molecule has 0 saturated heterocycles. The van der Waals surface area contributed by atoms with E-state index in [1.165, 1.54) is 0 Å². The van der Waals surface area contributed by atoms with E-state index in [0.29, 0.717) is 23.3 Å². The minimum Gasteiger partial charge on any atom is -0.465 e. The first-order chi connectivity index (χ1) is 12.0. The van der Waals surface area contributed by atoms with E-state index >= 15 is 0 Å². The number of thiophene rings is 1. The highest BCUT2D eigenvalue weighted by Gasteiger charge is 2.41. The molecule has 0 bridgehead atoms. The van der Waals surface area contributed by atoms with Crippen LogP contribution in [0.3, 0.4) is 0 Å². The highest BCUT2D eigenvalue weighted by atomic mass is 32.2. The predicted molar refractivity (Wildman–Crippen MR) is 95.4 cm³/mol. The molecule has 0 aliphatic heterocycles. The standard InChI is InChI=1S/C17H22O7S2/c1-5-23-12(19)9-26(21,22)16-13-10(7-17(3,4)8-11(13)18)14(25-16)15(20)24-6-2/h5-9H2,1-4H3. The van der Waals surface area contributed by atoms with Gasteiger partial charge in [0.1, 0.15) is 9.09 Å². The third-order valence-corrected chi connectivity index (χ3v) is 7.31. The summed E-state index contributed by atoms with van der Waals surface area (Å²) in [6.45, 7) is 7.17. The van der Waals surface area contributed by atoms with E-state index in [2.05, 4.69) is 0 Å². The monoisotopic (exact) mass is 402 g/mol. The molecule has 0 fully saturated rings. The molecule has 0 amide bonds. The number of hydrogen-bond donors (Lipinski definition) is 0. The first-order valence-electron chi connectivity index (χ1n) is 8.26. The third kappa shape index (κ3) is 4.15. The Hall–Kier alpha value is -1.74. The van der Waals surface area contributed by atoms with Crippen molar-refractivity contribution >= 4 is 38.9 Å². The third-order valence-electron chi connectivity index (χ3n) is 3.90. The second kappa shape index (κ2) is 7.48. The smallest absolute Gasteiger partial charge is 0.348 e. The fourth-order valence-electron chi connectivity index (χ4n) is 2.96. The van der Waals surface area contributed by atoms with Crippen molar-refractivity contribution in [2.75, 3.05) is 19.0 Å². The van der Waals surface area contributed by atoms with Gasteiger partial charge in [-0.25, -0.2) is 13.2 Å². The lowest BCUT2D eigenvalue weighted by atomic mass is 9.74. The van der Waals surface area contributed by atoms with Gasteiger partial charge in [0.2, 0.25) is 0 Å². The van der Waals surface area contributed by atoms with Gasteiger partial charge in [0, 0.05) is 6.42 Å². The molecule has 0 saturated carbocycles. The Bertz CT molecular complexity index is 847. The van der Waals surface area contributed by atoms with Crippen LogP contribution in [-0.4, -0.2) is 45.1 Å². The lowest BCUT2D eigenvalue weighted by Gasteiger charge is -2.29. The van der Waals surface area contributed by atoms with E-state index in [4.69, 9.17) is 9.47 Å². The molecule has 0 unspecified atom stereocenters. The molecular weight excluding hydrogens is 380 g/mol. The number of ether oxygens (including phenoxy) is 2. The maximum atomic E-state index is 12.7. The Morgan fingerprint density at radius 3 is 2.31 bits per heavy atom. The molecule has 2 rings (SSSR count). The number of sulfone groups is 1. The zero-order valence-corrected chi connectivity index (χ0v) is 16.8. The molecule has 0 aromatic carbocycles. The summed E-state index contributed by atoms with van der Waals surface area (Å²) in [5.74, 6) is -2.76. The fourth-order valence-corrected chi connectivity index (χ4v) is 5.93. The van der Waals surface area contributed by atoms with Crippen molar-refractivity contribution in [1.82, 2.24) is 0 Å². The van der Waals surface area contributed by atoms with Gasteiger partial charge in [-0.2, -0.15) is 0 Å². The van der Waals surface area contributed by atoms with Gasteiger partial charge in [-0.05, 0) is 31.2 Å². The highest BCUT2D eigenvalue weighted by Crippen LogP contribution is 2.43. The van der Waals surface area contributed by atoms with Crippen molar-refractivity contribution < 1.29 is 32.3 Å². The number of carbonyl (C=O) groups excluding carboxylic acids is 3. The Morgan fingerprint density at radius 2 is 1.73 bits per heavy atom. The molecular formula is C17H22O7S2. The van der Waals surface area contributed by atoms with Gasteiger partial charge in [0.25, 0.3) is 0 Å². The molecule has 0 atom stereocenters. The van der Waals surface area contributed by atoms with Crippen LogP contribution in [0.1, 0.15) is 59.7 Å². The number of rotatable bonds is 6. The Balaban J connectivity index is 2.60. The van der Waals surface area contributed by atoms with Gasteiger partial charge in [0.15, 0.2) is 21.4 Å². The molecule has 1 aromatic rings. The Morgan fingerprint density at radius 1 is 1.12 bits per heavy atom. The first-order valence-corrected chi connectivity index (χ1v) is 10.7. The van der Waals surface area contributed by atoms with Crippen molar-refractivity contribution in [3.63, 3.8) is 0 Å². The summed E-state index contributed by atoms with van der Waals surface area (Å²) in [5, 5.41) is 0. The van der Waals surface area contributed by atoms with Crippen LogP contribution in [-0.2, 0) is 30.5 Å². The van der Waals surface area contributed by atoms with Crippen molar-refractivity contribution in [2.24, 2.45) is 5.41 Å². The molecule has 144 valence electrons. The highest BCUT2D eigenvalue weighted by molar-refractivity contribution is 7.94. The van der Waals surface area contributed by atoms with Crippen LogP contribution in [0.25, 0.3) is 0 Å². The predicted octanol–water partition coefficient (Wildman–Crippen LogP) is 2.42. The van der Waals surface area contributed by atoms with Crippen LogP contribution < -0.4 is 0 Å². The van der Waals surface area contributed by atoms with E-state index in [-0.39, 0.29) is 40.1 Å². The van der Waals surface area contributed by atoms with Crippen LogP contribution in [0.4, 0.5) is 0 Å². The van der Waals surface area contributed by atoms with Crippen LogP contribution >= 0.6 is 11.3 Å². The summed E-state index contributed by atoms with van der Waals surface area (Å²) in [5.41, 5.74) is 0.0352. The average molecular weight is 402 g/mol. The van der Waals surface area contributed by atoms with Crippen LogP contribution in [0.2, 0.25) is 0 Å². The number of Topliss-reactive ketones (excluding diaryl/α,β-unsaturated/α-hetero) is 1. The number of ketones is 1. The van der Waals surface area contributed by atoms with Gasteiger partial charge in [-0.3, -0.25) is 9.59 Å². The van der Waals surface area contributed by atoms with E-state index in [9.17, 15) is 22.8 Å². The van der Waals surface area contributed by atoms with Gasteiger partial charge in [-0.15, -0.1) is 11.3 Å². The van der Waals surface area contributed by atoms with Gasteiger partial charge >= 0.3 is 11.9 Å². The minimum atomic E-state index is -4.11. The minimum absolute atomic E-state index is 0.0293. The lowest BCUT2D eigenvalue weighted by molar-refractivity contribution is -0.139. The van der Waals surface area contributed by atoms with Crippen molar-refractivity contribution in [1.29, 1.82) is 0 Å². The first kappa shape index (κ1) is 20.6. The molecule has 1 aliphatic carbocycles. The maximum absolute atomic E-state index is 12.7. The average Bonchev–Trinajstić information content (AvgIpc) is 2.86. The summed E-state index contributed by atoms with van der Waals surface area (Å²) in [4.78, 5) is 36.7. The van der Waals surface area contributed by atoms with Gasteiger partial charge < -0.3 is 9.47 Å². The van der Waals surface area contributed by atoms with E-state index in [0.717, 1.165) is 0 Å². The maximum Gasteiger partial charge on any atom is 0.348 e. The summed E-state index contributed by atoms with van der Waals surface area (Å²) >= 11 is 0.704. The summed E-state index contributed by atoms with van der Waals surface area (Å²) < 4.78 is 34.9. The zero-order valence-electron chi connectivity index (χ0n) is 15.2. The van der Waals surface area contributed by atoms with Crippen molar-refractivity contribution in [3.8, 4) is 0 Å². The summed E-state index contributed by atoms with van der Waals surface area (Å²) in [7, 11) is -4.11. The number of fused-ring (bicyclic) bond motifs is 1. The number of carbonyl (C=O) groups is 3. The SMILES string of the molecule is CCOC(=O)CS(=O)(=O)c1sc(C(=O)OCC)c2c1C(=O)CC(C)(C)C2. The molecule has 7 nitrogen and oxygen atoms in total. The van der Waals surface area contributed by atoms with Crippen LogP contribution in [0.5, 0.6) is 0 Å². The second-order valence-electron chi connectivity index (χ2n) is 6.80. The van der Waals surface area contributed by atoms with Crippen LogP contribution in [0.15, 0.2) is 4.21 Å². The zero-order chi connectivity index (χ0) is 19.7. The Labute approximate surface area is 156 Å². The van der Waals surface area contributed by atoms with E-state index in [1.807, 2.05) is 13.8 Å². The summed E-state index contributed by atoms with van der Waals surface area (Å²) in [6, 6.07) is 0. The van der Waals surface area contributed by atoms with Crippen molar-refractivity contribution in [3.05, 3.63) is 16.0 Å². The topological polar surface area (TPSA) is 104 Å². The molecule has 9 heteroatoms. The number of hydrogen-bond acceptors (Lipinski definition) is 8. The Kier molecular flexibility index (Phi) is 5.92. The molecule has 1 heterocycles. The van der Waals surface area contributed by atoms with Crippen LogP contribution in [0, 0.1) is 5.41 Å². The largest absolute Gasteiger partial charge is 0.465 e. The quantitative estimate of drug-likeness (QED) is 0.673. The molecule has 0 N–H and O–H groups in total. The van der Waals surface area contributed by atoms with E-state index < -0.39 is 32.9 Å². The molecule has 1 aromatic heterocycles. The molecule has 26 heavy (non-hydrogen) atoms.